The van der Waals surface area contributed by atoms with Gasteiger partial charge in [-0.25, -0.2) is 4.79 Å². The van der Waals surface area contributed by atoms with E-state index in [1.807, 2.05) is 0 Å². The molecule has 0 aliphatic heterocycles. The summed E-state index contributed by atoms with van der Waals surface area (Å²) in [6, 6.07) is -0.730. The first-order chi connectivity index (χ1) is 7.97. The lowest BCUT2D eigenvalue weighted by Gasteiger charge is -2.31. The summed E-state index contributed by atoms with van der Waals surface area (Å²) in [4.78, 5) is 24.3. The molecule has 1 amide bonds. The molecule has 4 heteroatoms. The summed E-state index contributed by atoms with van der Waals surface area (Å²) in [5, 5.41) is 8.89. The van der Waals surface area contributed by atoms with Crippen molar-refractivity contribution in [3.63, 3.8) is 0 Å². The Balaban J connectivity index is 2.51. The van der Waals surface area contributed by atoms with Crippen LogP contribution in [0, 0.1) is 11.8 Å². The molecule has 1 saturated carbocycles. The van der Waals surface area contributed by atoms with Crippen molar-refractivity contribution in [3.05, 3.63) is 0 Å². The third kappa shape index (κ3) is 3.45. The van der Waals surface area contributed by atoms with E-state index < -0.39 is 12.0 Å². The van der Waals surface area contributed by atoms with E-state index in [1.165, 1.54) is 11.3 Å². The topological polar surface area (TPSA) is 57.6 Å². The molecule has 0 heterocycles. The summed E-state index contributed by atoms with van der Waals surface area (Å²) in [6.07, 6.45) is 5.20. The lowest BCUT2D eigenvalue weighted by atomic mass is 9.80. The summed E-state index contributed by atoms with van der Waals surface area (Å²) in [6.45, 7) is 3.74. The van der Waals surface area contributed by atoms with Crippen LogP contribution < -0.4 is 0 Å². The van der Waals surface area contributed by atoms with Crippen LogP contribution in [0.3, 0.4) is 0 Å². The van der Waals surface area contributed by atoms with E-state index in [2.05, 4.69) is 6.92 Å². The zero-order valence-electron chi connectivity index (χ0n) is 11.0. The fourth-order valence-corrected chi connectivity index (χ4v) is 2.46. The maximum atomic E-state index is 12.1. The second kappa shape index (κ2) is 6.03. The minimum Gasteiger partial charge on any atom is -0.480 e. The predicted molar refractivity (Wildman–Crippen MR) is 65.6 cm³/mol. The summed E-state index contributed by atoms with van der Waals surface area (Å²) >= 11 is 0. The van der Waals surface area contributed by atoms with Gasteiger partial charge in [0.15, 0.2) is 0 Å². The fourth-order valence-electron chi connectivity index (χ4n) is 2.46. The fraction of sp³-hybridized carbons (Fsp3) is 0.846. The SMILES string of the molecule is CCC1CCC(C(=O)N(C)[C@@H](C)C(=O)O)CC1. The first-order valence-electron chi connectivity index (χ1n) is 6.46. The van der Waals surface area contributed by atoms with Crippen LogP contribution in [0.5, 0.6) is 0 Å². The minimum absolute atomic E-state index is 0.00514. The first-order valence-corrected chi connectivity index (χ1v) is 6.46. The van der Waals surface area contributed by atoms with Gasteiger partial charge in [0.2, 0.25) is 5.91 Å². The number of aliphatic carboxylic acids is 1. The molecular formula is C13H23NO3. The zero-order chi connectivity index (χ0) is 13.0. The van der Waals surface area contributed by atoms with Gasteiger partial charge in [-0.3, -0.25) is 4.79 Å². The van der Waals surface area contributed by atoms with Crippen molar-refractivity contribution in [1.82, 2.24) is 4.90 Å². The monoisotopic (exact) mass is 241 g/mol. The highest BCUT2D eigenvalue weighted by atomic mass is 16.4. The first kappa shape index (κ1) is 14.0. The number of carbonyl (C=O) groups excluding carboxylic acids is 1. The number of rotatable bonds is 4. The van der Waals surface area contributed by atoms with Gasteiger partial charge in [0, 0.05) is 13.0 Å². The zero-order valence-corrected chi connectivity index (χ0v) is 11.0. The maximum absolute atomic E-state index is 12.1. The molecule has 0 aromatic rings. The molecule has 1 fully saturated rings. The minimum atomic E-state index is -0.942. The highest BCUT2D eigenvalue weighted by Crippen LogP contribution is 2.31. The van der Waals surface area contributed by atoms with E-state index in [-0.39, 0.29) is 11.8 Å². The molecule has 0 aromatic heterocycles. The van der Waals surface area contributed by atoms with Gasteiger partial charge in [-0.1, -0.05) is 13.3 Å². The highest BCUT2D eigenvalue weighted by Gasteiger charge is 2.30. The van der Waals surface area contributed by atoms with Gasteiger partial charge in [0.25, 0.3) is 0 Å². The Morgan fingerprint density at radius 2 is 1.82 bits per heavy atom. The summed E-state index contributed by atoms with van der Waals surface area (Å²) in [7, 11) is 1.59. The summed E-state index contributed by atoms with van der Waals surface area (Å²) < 4.78 is 0. The van der Waals surface area contributed by atoms with Crippen LogP contribution in [0.15, 0.2) is 0 Å². The number of carboxylic acid groups (broad SMARTS) is 1. The molecule has 0 spiro atoms. The summed E-state index contributed by atoms with van der Waals surface area (Å²) in [5.41, 5.74) is 0. The quantitative estimate of drug-likeness (QED) is 0.820. The Kier molecular flexibility index (Phi) is 4.97. The Morgan fingerprint density at radius 1 is 1.29 bits per heavy atom. The van der Waals surface area contributed by atoms with Crippen LogP contribution >= 0.6 is 0 Å². The third-order valence-electron chi connectivity index (χ3n) is 4.06. The lowest BCUT2D eigenvalue weighted by molar-refractivity contribution is -0.150. The van der Waals surface area contributed by atoms with Crippen molar-refractivity contribution >= 4 is 11.9 Å². The smallest absolute Gasteiger partial charge is 0.326 e. The van der Waals surface area contributed by atoms with E-state index in [1.54, 1.807) is 14.0 Å². The van der Waals surface area contributed by atoms with Gasteiger partial charge in [-0.05, 0) is 38.5 Å². The molecular weight excluding hydrogens is 218 g/mol. The number of carbonyl (C=O) groups is 2. The van der Waals surface area contributed by atoms with Gasteiger partial charge < -0.3 is 10.0 Å². The molecule has 0 aromatic carbocycles. The molecule has 4 nitrogen and oxygen atoms in total. The van der Waals surface area contributed by atoms with Crippen molar-refractivity contribution in [2.75, 3.05) is 7.05 Å². The molecule has 0 saturated heterocycles. The normalized spacial score (nSPS) is 26.3. The van der Waals surface area contributed by atoms with Gasteiger partial charge in [0.1, 0.15) is 6.04 Å². The number of likely N-dealkylation sites (N-methyl/N-ethyl adjacent to an activating group) is 1. The van der Waals surface area contributed by atoms with Gasteiger partial charge >= 0.3 is 5.97 Å². The number of hydrogen-bond donors (Lipinski definition) is 1. The molecule has 1 aliphatic carbocycles. The number of amides is 1. The molecule has 17 heavy (non-hydrogen) atoms. The van der Waals surface area contributed by atoms with E-state index in [4.69, 9.17) is 5.11 Å². The van der Waals surface area contributed by atoms with E-state index in [0.29, 0.717) is 0 Å². The van der Waals surface area contributed by atoms with E-state index in [0.717, 1.165) is 31.6 Å². The molecule has 1 rings (SSSR count). The highest BCUT2D eigenvalue weighted by molar-refractivity contribution is 5.84. The second-order valence-electron chi connectivity index (χ2n) is 5.09. The maximum Gasteiger partial charge on any atom is 0.326 e. The number of nitrogens with zero attached hydrogens (tertiary/aromatic N) is 1. The third-order valence-corrected chi connectivity index (χ3v) is 4.06. The van der Waals surface area contributed by atoms with Crippen molar-refractivity contribution in [1.29, 1.82) is 0 Å². The van der Waals surface area contributed by atoms with E-state index >= 15 is 0 Å². The Labute approximate surface area is 103 Å². The standard InChI is InChI=1S/C13H23NO3/c1-4-10-5-7-11(8-6-10)12(15)14(3)9(2)13(16)17/h9-11H,4-8H2,1-3H3,(H,16,17)/t9-,10?,11?/m0/s1. The Bertz CT molecular complexity index is 282. The number of hydrogen-bond acceptors (Lipinski definition) is 2. The van der Waals surface area contributed by atoms with Crippen LogP contribution in [-0.2, 0) is 9.59 Å². The Morgan fingerprint density at radius 3 is 2.24 bits per heavy atom. The van der Waals surface area contributed by atoms with Crippen LogP contribution in [0.25, 0.3) is 0 Å². The van der Waals surface area contributed by atoms with Gasteiger partial charge in [-0.15, -0.1) is 0 Å². The van der Waals surface area contributed by atoms with Crippen molar-refractivity contribution in [2.45, 2.75) is 52.0 Å². The van der Waals surface area contributed by atoms with Crippen molar-refractivity contribution in [2.24, 2.45) is 11.8 Å². The Hall–Kier alpha value is -1.06. The average molecular weight is 241 g/mol. The largest absolute Gasteiger partial charge is 0.480 e. The molecule has 0 unspecified atom stereocenters. The average Bonchev–Trinajstić information content (AvgIpc) is 2.36. The van der Waals surface area contributed by atoms with Crippen LogP contribution in [0.2, 0.25) is 0 Å². The lowest BCUT2D eigenvalue weighted by Crippen LogP contribution is -2.44. The van der Waals surface area contributed by atoms with Crippen molar-refractivity contribution in [3.8, 4) is 0 Å². The van der Waals surface area contributed by atoms with Crippen LogP contribution in [-0.4, -0.2) is 35.0 Å². The second-order valence-corrected chi connectivity index (χ2v) is 5.09. The summed E-state index contributed by atoms with van der Waals surface area (Å²) in [5.74, 6) is -0.164. The molecule has 98 valence electrons. The predicted octanol–water partition coefficient (Wildman–Crippen LogP) is 2.13. The van der Waals surface area contributed by atoms with Crippen molar-refractivity contribution < 1.29 is 14.7 Å². The number of carboxylic acids is 1. The molecule has 1 aliphatic rings. The molecule has 1 atom stereocenters. The van der Waals surface area contributed by atoms with Crippen LogP contribution in [0.1, 0.15) is 46.0 Å². The molecule has 0 radical (unpaired) electrons. The van der Waals surface area contributed by atoms with Crippen LogP contribution in [0.4, 0.5) is 0 Å². The van der Waals surface area contributed by atoms with E-state index in [9.17, 15) is 9.59 Å². The molecule has 1 N–H and O–H groups in total. The van der Waals surface area contributed by atoms with Gasteiger partial charge in [0.05, 0.1) is 0 Å². The molecule has 0 bridgehead atoms. The van der Waals surface area contributed by atoms with Gasteiger partial charge in [-0.2, -0.15) is 0 Å².